The smallest absolute Gasteiger partial charge is 0.0565 e. The van der Waals surface area contributed by atoms with Crippen molar-refractivity contribution in [2.24, 2.45) is 0 Å². The molecule has 0 aromatic rings. The molecule has 0 nitrogen and oxygen atoms in total. The van der Waals surface area contributed by atoms with Gasteiger partial charge in [0.15, 0.2) is 0 Å². The maximum Gasteiger partial charge on any atom is 0.0565 e. The fourth-order valence-electron chi connectivity index (χ4n) is 1.60. The lowest BCUT2D eigenvalue weighted by Gasteiger charge is -2.26. The molecule has 0 fully saturated rings. The van der Waals surface area contributed by atoms with Gasteiger partial charge in [-0.1, -0.05) is 63.7 Å². The lowest BCUT2D eigenvalue weighted by Crippen LogP contribution is -2.29. The molecule has 0 aliphatic carbocycles. The molecule has 0 atom stereocenters. The Morgan fingerprint density at radius 1 is 1.08 bits per heavy atom. The molecule has 0 rings (SSSR count). The van der Waals surface area contributed by atoms with Crippen molar-refractivity contribution in [3.63, 3.8) is 0 Å². The topological polar surface area (TPSA) is 0 Å². The van der Waals surface area contributed by atoms with Crippen LogP contribution in [0, 0.1) is 0 Å². The van der Waals surface area contributed by atoms with Gasteiger partial charge in [-0.25, -0.2) is 0 Å². The third-order valence-corrected chi connectivity index (χ3v) is 8.67. The van der Waals surface area contributed by atoms with Crippen molar-refractivity contribution in [1.29, 1.82) is 0 Å². The highest BCUT2D eigenvalue weighted by atomic mass is 28.3. The summed E-state index contributed by atoms with van der Waals surface area (Å²) in [6.07, 6.45) is 6.26. The number of hydrogen-bond donors (Lipinski definition) is 0. The Labute approximate surface area is 78.4 Å². The van der Waals surface area contributed by atoms with Crippen LogP contribution in [0.1, 0.15) is 20.8 Å². The lowest BCUT2D eigenvalue weighted by atomic mass is 10.5. The molecule has 0 amide bonds. The highest BCUT2D eigenvalue weighted by Crippen LogP contribution is 2.25. The number of hydrogen-bond acceptors (Lipinski definition) is 0. The van der Waals surface area contributed by atoms with Crippen LogP contribution in [-0.4, -0.2) is 8.07 Å². The highest BCUT2D eigenvalue weighted by molar-refractivity contribution is 6.80. The molecule has 0 aromatic carbocycles. The van der Waals surface area contributed by atoms with Gasteiger partial charge in [0.2, 0.25) is 0 Å². The monoisotopic (exact) mass is 182 g/mol. The van der Waals surface area contributed by atoms with Crippen molar-refractivity contribution in [3.05, 3.63) is 24.8 Å². The molecule has 0 heterocycles. The predicted molar refractivity (Wildman–Crippen MR) is 61.3 cm³/mol. The quantitative estimate of drug-likeness (QED) is 0.426. The van der Waals surface area contributed by atoms with Gasteiger partial charge >= 0.3 is 0 Å². The van der Waals surface area contributed by atoms with E-state index < -0.39 is 8.07 Å². The van der Waals surface area contributed by atoms with Crippen molar-refractivity contribution in [2.45, 2.75) is 44.9 Å². The summed E-state index contributed by atoms with van der Waals surface area (Å²) in [5.41, 5.74) is 0. The molecular weight excluding hydrogens is 160 g/mol. The van der Waals surface area contributed by atoms with Crippen LogP contribution in [0.3, 0.4) is 0 Å². The van der Waals surface area contributed by atoms with Crippen LogP contribution in [0.15, 0.2) is 24.8 Å². The Hall–Kier alpha value is -0.303. The number of rotatable bonds is 6. The van der Waals surface area contributed by atoms with E-state index in [1.54, 1.807) is 0 Å². The molecule has 12 heavy (non-hydrogen) atoms. The van der Waals surface area contributed by atoms with Crippen LogP contribution in [0.2, 0.25) is 24.2 Å². The minimum absolute atomic E-state index is 0.889. The van der Waals surface area contributed by atoms with Gasteiger partial charge in [0.25, 0.3) is 0 Å². The Morgan fingerprint density at radius 3 is 1.92 bits per heavy atom. The Kier molecular flexibility index (Phi) is 6.08. The summed E-state index contributed by atoms with van der Waals surface area (Å²) < 4.78 is 0. The van der Waals surface area contributed by atoms with Crippen molar-refractivity contribution in [2.75, 3.05) is 0 Å². The fourth-order valence-corrected chi connectivity index (χ4v) is 4.60. The van der Waals surface area contributed by atoms with Gasteiger partial charge in [-0.3, -0.25) is 0 Å². The molecule has 0 saturated heterocycles. The first-order valence-electron chi connectivity index (χ1n) is 5.02. The van der Waals surface area contributed by atoms with Crippen molar-refractivity contribution in [3.8, 4) is 0 Å². The van der Waals surface area contributed by atoms with E-state index in [9.17, 15) is 0 Å². The van der Waals surface area contributed by atoms with E-state index in [0.717, 1.165) is 0 Å². The predicted octanol–water partition coefficient (Wildman–Crippen LogP) is 4.24. The normalized spacial score (nSPS) is 12.2. The minimum atomic E-state index is -0.889. The zero-order valence-corrected chi connectivity index (χ0v) is 9.77. The van der Waals surface area contributed by atoms with E-state index in [4.69, 9.17) is 0 Å². The maximum absolute atomic E-state index is 3.69. The van der Waals surface area contributed by atoms with Gasteiger partial charge in [-0.05, 0) is 6.04 Å². The second kappa shape index (κ2) is 6.24. The van der Waals surface area contributed by atoms with Gasteiger partial charge in [0, 0.05) is 0 Å². The van der Waals surface area contributed by atoms with Gasteiger partial charge in [-0.15, -0.1) is 0 Å². The first kappa shape index (κ1) is 11.7. The first-order valence-corrected chi connectivity index (χ1v) is 7.85. The summed E-state index contributed by atoms with van der Waals surface area (Å²) in [6.45, 7) is 10.7. The maximum atomic E-state index is 3.69. The Morgan fingerprint density at radius 2 is 1.58 bits per heavy atom. The van der Waals surface area contributed by atoms with E-state index in [1.807, 2.05) is 6.08 Å². The molecule has 0 spiro atoms. The van der Waals surface area contributed by atoms with E-state index in [1.165, 1.54) is 24.2 Å². The van der Waals surface area contributed by atoms with Crippen LogP contribution < -0.4 is 0 Å². The molecule has 0 N–H and O–H groups in total. The molecule has 1 heteroatoms. The molecule has 0 bridgehead atoms. The summed E-state index contributed by atoms with van der Waals surface area (Å²) in [4.78, 5) is 0. The zero-order chi connectivity index (χ0) is 9.45. The summed E-state index contributed by atoms with van der Waals surface area (Å²) in [5, 5.41) is 0. The second-order valence-corrected chi connectivity index (χ2v) is 8.96. The van der Waals surface area contributed by atoms with Crippen molar-refractivity contribution in [1.82, 2.24) is 0 Å². The van der Waals surface area contributed by atoms with Gasteiger partial charge in [0.05, 0.1) is 8.07 Å². The van der Waals surface area contributed by atoms with E-state index in [2.05, 4.69) is 39.5 Å². The second-order valence-electron chi connectivity index (χ2n) is 3.43. The SMILES string of the molecule is C=C/C=C\C[Si](CC)(CC)CC. The van der Waals surface area contributed by atoms with Crippen LogP contribution in [0.5, 0.6) is 0 Å². The standard InChI is InChI=1S/C11H22Si/c1-5-9-10-11-12(6-2,7-3)8-4/h5,9-10H,1,6-8,11H2,2-4H3/b10-9-. The van der Waals surface area contributed by atoms with Crippen LogP contribution in [0.25, 0.3) is 0 Å². The summed E-state index contributed by atoms with van der Waals surface area (Å²) >= 11 is 0. The first-order chi connectivity index (χ1) is 5.74. The third kappa shape index (κ3) is 3.40. The largest absolute Gasteiger partial charge is 0.0991 e. The fraction of sp³-hybridized carbons (Fsp3) is 0.636. The molecule has 70 valence electrons. The molecule has 0 aliphatic heterocycles. The molecule has 0 saturated carbocycles. The van der Waals surface area contributed by atoms with E-state index in [-0.39, 0.29) is 0 Å². The molecule has 0 unspecified atom stereocenters. The van der Waals surface area contributed by atoms with E-state index in [0.29, 0.717) is 0 Å². The van der Waals surface area contributed by atoms with Gasteiger partial charge < -0.3 is 0 Å². The molecule has 0 aromatic heterocycles. The summed E-state index contributed by atoms with van der Waals surface area (Å²) in [5.74, 6) is 0. The summed E-state index contributed by atoms with van der Waals surface area (Å²) in [7, 11) is -0.889. The molecule has 0 radical (unpaired) electrons. The Balaban J connectivity index is 4.10. The average molecular weight is 182 g/mol. The third-order valence-electron chi connectivity index (χ3n) is 3.07. The van der Waals surface area contributed by atoms with Gasteiger partial charge in [-0.2, -0.15) is 0 Å². The number of allylic oxidation sites excluding steroid dienone is 3. The Bertz CT molecular complexity index is 135. The van der Waals surface area contributed by atoms with Gasteiger partial charge in [0.1, 0.15) is 0 Å². The van der Waals surface area contributed by atoms with Crippen LogP contribution >= 0.6 is 0 Å². The molecule has 0 aliphatic rings. The highest BCUT2D eigenvalue weighted by Gasteiger charge is 2.24. The minimum Gasteiger partial charge on any atom is -0.0991 e. The lowest BCUT2D eigenvalue weighted by molar-refractivity contribution is 1.14. The molecular formula is C11H22Si. The summed E-state index contributed by atoms with van der Waals surface area (Å²) in [6, 6.07) is 5.59. The van der Waals surface area contributed by atoms with Crippen molar-refractivity contribution >= 4 is 8.07 Å². The van der Waals surface area contributed by atoms with Crippen LogP contribution in [0.4, 0.5) is 0 Å². The van der Waals surface area contributed by atoms with Crippen molar-refractivity contribution < 1.29 is 0 Å². The van der Waals surface area contributed by atoms with Crippen LogP contribution in [-0.2, 0) is 0 Å². The zero-order valence-electron chi connectivity index (χ0n) is 8.77. The average Bonchev–Trinajstić information content (AvgIpc) is 2.14. The van der Waals surface area contributed by atoms with E-state index >= 15 is 0 Å².